The van der Waals surface area contributed by atoms with E-state index in [0.29, 0.717) is 29.9 Å². The first kappa shape index (κ1) is 28.0. The highest BCUT2D eigenvalue weighted by Gasteiger charge is 2.20. The molecule has 0 saturated carbocycles. The Morgan fingerprint density at radius 3 is 2.26 bits per heavy atom. The fraction of sp³-hybridized carbons (Fsp3) is 0.344. The van der Waals surface area contributed by atoms with Crippen LogP contribution in [-0.2, 0) is 10.3 Å². The van der Waals surface area contributed by atoms with Crippen molar-refractivity contribution in [1.82, 2.24) is 15.8 Å². The molecule has 0 radical (unpaired) electrons. The Balaban J connectivity index is 1.56. The molecule has 1 aliphatic heterocycles. The maximum absolute atomic E-state index is 13.4. The molecule has 4 rings (SSSR count). The maximum Gasteiger partial charge on any atom is 0.255 e. The molecule has 7 nitrogen and oxygen atoms in total. The van der Waals surface area contributed by atoms with Crippen LogP contribution in [0, 0.1) is 12.3 Å². The average Bonchev–Trinajstić information content (AvgIpc) is 3.42. The molecule has 1 aliphatic rings. The van der Waals surface area contributed by atoms with Gasteiger partial charge in [0.1, 0.15) is 6.26 Å². The Labute approximate surface area is 231 Å². The topological polar surface area (TPSA) is 92.3 Å². The van der Waals surface area contributed by atoms with Gasteiger partial charge in [0, 0.05) is 34.5 Å². The van der Waals surface area contributed by atoms with Gasteiger partial charge in [-0.3, -0.25) is 14.6 Å². The number of benzene rings is 2. The van der Waals surface area contributed by atoms with Crippen molar-refractivity contribution in [3.05, 3.63) is 88.9 Å². The molecule has 7 heteroatoms. The monoisotopic (exact) mass is 526 g/mol. The first-order chi connectivity index (χ1) is 18.3. The number of hydrogen-bond donors (Lipinski definition) is 3. The van der Waals surface area contributed by atoms with Gasteiger partial charge in [0.25, 0.3) is 11.8 Å². The van der Waals surface area contributed by atoms with Gasteiger partial charge in [0.15, 0.2) is 0 Å². The van der Waals surface area contributed by atoms with Crippen molar-refractivity contribution in [3.8, 4) is 11.1 Å². The van der Waals surface area contributed by atoms with Crippen LogP contribution in [0.25, 0.3) is 16.7 Å². The number of hydrogen-bond acceptors (Lipinski definition) is 5. The lowest BCUT2D eigenvalue weighted by Crippen LogP contribution is -2.32. The summed E-state index contributed by atoms with van der Waals surface area (Å²) >= 11 is 0. The van der Waals surface area contributed by atoms with Gasteiger partial charge in [0.05, 0.1) is 18.4 Å². The van der Waals surface area contributed by atoms with E-state index >= 15 is 0 Å². The summed E-state index contributed by atoms with van der Waals surface area (Å²) in [4.78, 5) is 35.6. The van der Waals surface area contributed by atoms with Crippen LogP contribution in [0.2, 0.25) is 0 Å². The van der Waals surface area contributed by atoms with Crippen LogP contribution in [0.5, 0.6) is 0 Å². The summed E-state index contributed by atoms with van der Waals surface area (Å²) in [5.41, 5.74) is 10.1. The van der Waals surface area contributed by atoms with Crippen LogP contribution in [-0.4, -0.2) is 29.9 Å². The van der Waals surface area contributed by atoms with Gasteiger partial charge in [-0.15, -0.1) is 0 Å². The molecule has 2 amide bonds. The molecular formula is C32H38N4O3. The van der Waals surface area contributed by atoms with E-state index in [2.05, 4.69) is 68.7 Å². The number of nitrogens with zero attached hydrogens (tertiary/aromatic N) is 1. The van der Waals surface area contributed by atoms with Gasteiger partial charge in [-0.05, 0) is 64.8 Å². The number of rotatable bonds is 6. The quantitative estimate of drug-likeness (QED) is 0.353. The molecule has 3 N–H and O–H groups in total. The zero-order chi connectivity index (χ0) is 28.4. The summed E-state index contributed by atoms with van der Waals surface area (Å²) in [6.45, 7) is 15.7. The summed E-state index contributed by atoms with van der Waals surface area (Å²) in [6.07, 6.45) is 3.34. The Morgan fingerprint density at radius 1 is 0.923 bits per heavy atom. The number of nitrogens with one attached hydrogen (secondary N) is 3. The van der Waals surface area contributed by atoms with Crippen molar-refractivity contribution in [2.45, 2.75) is 53.9 Å². The highest BCUT2D eigenvalue weighted by molar-refractivity contribution is 6.05. The van der Waals surface area contributed by atoms with Crippen molar-refractivity contribution < 1.29 is 14.4 Å². The molecule has 39 heavy (non-hydrogen) atoms. The first-order valence-corrected chi connectivity index (χ1v) is 13.2. The minimum atomic E-state index is -0.211. The van der Waals surface area contributed by atoms with E-state index in [1.165, 1.54) is 0 Å². The zero-order valence-corrected chi connectivity index (χ0v) is 23.9. The third kappa shape index (κ3) is 7.12. The Bertz CT molecular complexity index is 1410. The molecule has 3 aromatic rings. The maximum atomic E-state index is 13.4. The minimum absolute atomic E-state index is 0.0122. The van der Waals surface area contributed by atoms with E-state index in [-0.39, 0.29) is 22.6 Å². The zero-order valence-electron chi connectivity index (χ0n) is 23.9. The summed E-state index contributed by atoms with van der Waals surface area (Å²) in [5, 5.41) is 6.00. The van der Waals surface area contributed by atoms with Crippen LogP contribution >= 0.6 is 0 Å². The molecule has 0 fully saturated rings. The first-order valence-electron chi connectivity index (χ1n) is 13.2. The van der Waals surface area contributed by atoms with Gasteiger partial charge in [-0.2, -0.15) is 5.48 Å². The molecule has 1 aromatic heterocycles. The third-order valence-corrected chi connectivity index (χ3v) is 6.56. The Hall–Kier alpha value is -3.97. The Morgan fingerprint density at radius 2 is 1.64 bits per heavy atom. The fourth-order valence-electron chi connectivity index (χ4n) is 4.17. The van der Waals surface area contributed by atoms with Crippen LogP contribution in [0.1, 0.15) is 79.1 Å². The van der Waals surface area contributed by atoms with E-state index in [9.17, 15) is 9.59 Å². The molecule has 0 spiro atoms. The number of aryl methyl sites for hydroxylation is 1. The number of carbonyl (C=O) groups excluding carboxylic acids is 2. The Kier molecular flexibility index (Phi) is 7.93. The number of pyridine rings is 1. The highest BCUT2D eigenvalue weighted by atomic mass is 16.6. The highest BCUT2D eigenvalue weighted by Crippen LogP contribution is 2.30. The molecule has 0 atom stereocenters. The SMILES string of the molecule is Cc1ncc(NC(=O)c2cc(C3=CONC3)cc(C(C)(C)C)c2)cc1-c1ccc(C(=O)NCC(C)(C)C)cc1. The fourth-order valence-corrected chi connectivity index (χ4v) is 4.17. The summed E-state index contributed by atoms with van der Waals surface area (Å²) < 4.78 is 0. The van der Waals surface area contributed by atoms with Crippen molar-refractivity contribution in [2.24, 2.45) is 5.41 Å². The van der Waals surface area contributed by atoms with Crippen LogP contribution in [0.15, 0.2) is 61.0 Å². The van der Waals surface area contributed by atoms with E-state index in [1.54, 1.807) is 12.5 Å². The van der Waals surface area contributed by atoms with Crippen molar-refractivity contribution >= 4 is 23.1 Å². The lowest BCUT2D eigenvalue weighted by atomic mass is 9.84. The second-order valence-electron chi connectivity index (χ2n) is 12.3. The second-order valence-corrected chi connectivity index (χ2v) is 12.3. The smallest absolute Gasteiger partial charge is 0.255 e. The van der Waals surface area contributed by atoms with E-state index in [0.717, 1.165) is 33.5 Å². The molecule has 0 unspecified atom stereocenters. The largest absolute Gasteiger partial charge is 0.416 e. The number of amides is 2. The van der Waals surface area contributed by atoms with Crippen molar-refractivity contribution in [2.75, 3.05) is 18.4 Å². The second kappa shape index (κ2) is 11.0. The normalized spacial score (nSPS) is 13.5. The lowest BCUT2D eigenvalue weighted by molar-refractivity contribution is 0.0938. The minimum Gasteiger partial charge on any atom is -0.416 e. The predicted molar refractivity (Wildman–Crippen MR) is 156 cm³/mol. The van der Waals surface area contributed by atoms with E-state index in [4.69, 9.17) is 4.84 Å². The lowest BCUT2D eigenvalue weighted by Gasteiger charge is -2.21. The van der Waals surface area contributed by atoms with Crippen molar-refractivity contribution in [1.29, 1.82) is 0 Å². The molecule has 0 aliphatic carbocycles. The van der Waals surface area contributed by atoms with E-state index in [1.807, 2.05) is 49.4 Å². The van der Waals surface area contributed by atoms with Gasteiger partial charge in [-0.25, -0.2) is 0 Å². The van der Waals surface area contributed by atoms with Gasteiger partial charge in [0.2, 0.25) is 0 Å². The van der Waals surface area contributed by atoms with E-state index < -0.39 is 0 Å². The van der Waals surface area contributed by atoms with Crippen molar-refractivity contribution in [3.63, 3.8) is 0 Å². The number of carbonyl (C=O) groups is 2. The van der Waals surface area contributed by atoms with Gasteiger partial charge in [-0.1, -0.05) is 59.7 Å². The van der Waals surface area contributed by atoms with Gasteiger partial charge < -0.3 is 15.5 Å². The van der Waals surface area contributed by atoms with Crippen LogP contribution < -0.4 is 16.1 Å². The third-order valence-electron chi connectivity index (χ3n) is 6.56. The summed E-state index contributed by atoms with van der Waals surface area (Å²) in [5.74, 6) is -0.308. The number of hydroxylamine groups is 1. The molecule has 2 aromatic carbocycles. The standard InChI is InChI=1S/C32H38N4O3/c1-20-28(21-8-10-22(11-9-21)29(37)34-19-31(2,3)4)15-27(17-33-20)36-30(38)24-12-23(25-16-35-39-18-25)13-26(14-24)32(5,6)7/h8-15,17-18,35H,16,19H2,1-7H3,(H,34,37)(H,36,38). The predicted octanol–water partition coefficient (Wildman–Crippen LogP) is 6.26. The summed E-state index contributed by atoms with van der Waals surface area (Å²) in [6, 6.07) is 15.3. The van der Waals surface area contributed by atoms with Crippen LogP contribution in [0.3, 0.4) is 0 Å². The van der Waals surface area contributed by atoms with Gasteiger partial charge >= 0.3 is 0 Å². The number of anilines is 1. The average molecular weight is 527 g/mol. The molecular weight excluding hydrogens is 488 g/mol. The molecule has 204 valence electrons. The molecule has 0 bridgehead atoms. The molecule has 2 heterocycles. The number of aromatic nitrogens is 1. The van der Waals surface area contributed by atoms with Crippen LogP contribution in [0.4, 0.5) is 5.69 Å². The summed E-state index contributed by atoms with van der Waals surface area (Å²) in [7, 11) is 0. The molecule has 0 saturated heterocycles.